The van der Waals surface area contributed by atoms with Crippen LogP contribution in [0.15, 0.2) is 0 Å². The van der Waals surface area contributed by atoms with E-state index in [1.807, 2.05) is 0 Å². The molecule has 2 saturated carbocycles. The molecule has 0 bridgehead atoms. The van der Waals surface area contributed by atoms with Crippen LogP contribution in [-0.2, 0) is 4.79 Å². The highest BCUT2D eigenvalue weighted by Crippen LogP contribution is 2.37. The van der Waals surface area contributed by atoms with E-state index in [-0.39, 0.29) is 0 Å². The Balaban J connectivity index is 1.54. The number of rotatable bonds is 7. The van der Waals surface area contributed by atoms with Crippen LogP contribution in [0, 0.1) is 17.8 Å². The van der Waals surface area contributed by atoms with Crippen LogP contribution in [0.4, 0.5) is 0 Å². The number of piperidine rings is 1. The number of carboxylic acid groups (broad SMARTS) is 1. The zero-order valence-corrected chi connectivity index (χ0v) is 13.3. The Morgan fingerprint density at radius 1 is 1.24 bits per heavy atom. The van der Waals surface area contributed by atoms with Crippen molar-refractivity contribution in [2.24, 2.45) is 17.8 Å². The standard InChI is InChI=1S/C17H30N2O2/c1-12(15-5-6-15)19-10-14(8-17(20)21)7-16(11-19)18-9-13-3-2-4-13/h12-16,18H,2-11H2,1H3,(H,20,21). The molecule has 0 aromatic rings. The quantitative estimate of drug-likeness (QED) is 0.757. The summed E-state index contributed by atoms with van der Waals surface area (Å²) in [5.74, 6) is 1.41. The van der Waals surface area contributed by atoms with Gasteiger partial charge >= 0.3 is 5.97 Å². The third kappa shape index (κ3) is 4.19. The van der Waals surface area contributed by atoms with Crippen LogP contribution in [0.25, 0.3) is 0 Å². The number of nitrogens with one attached hydrogen (secondary N) is 1. The smallest absolute Gasteiger partial charge is 0.303 e. The summed E-state index contributed by atoms with van der Waals surface area (Å²) in [4.78, 5) is 13.6. The molecule has 0 aromatic carbocycles. The lowest BCUT2D eigenvalue weighted by molar-refractivity contribution is -0.138. The Labute approximate surface area is 128 Å². The summed E-state index contributed by atoms with van der Waals surface area (Å²) in [6.45, 7) is 5.56. The van der Waals surface area contributed by atoms with Crippen molar-refractivity contribution in [2.75, 3.05) is 19.6 Å². The van der Waals surface area contributed by atoms with E-state index in [1.54, 1.807) is 0 Å². The first-order valence-electron chi connectivity index (χ1n) is 8.81. The van der Waals surface area contributed by atoms with E-state index in [2.05, 4.69) is 17.1 Å². The highest BCUT2D eigenvalue weighted by atomic mass is 16.4. The Hall–Kier alpha value is -0.610. The lowest BCUT2D eigenvalue weighted by Gasteiger charge is -2.42. The third-order valence-electron chi connectivity index (χ3n) is 5.83. The van der Waals surface area contributed by atoms with E-state index in [9.17, 15) is 4.79 Å². The van der Waals surface area contributed by atoms with Crippen molar-refractivity contribution in [2.45, 2.75) is 64.0 Å². The van der Waals surface area contributed by atoms with Crippen LogP contribution in [0.5, 0.6) is 0 Å². The summed E-state index contributed by atoms with van der Waals surface area (Å²) >= 11 is 0. The van der Waals surface area contributed by atoms with Crippen molar-refractivity contribution in [3.63, 3.8) is 0 Å². The fourth-order valence-electron chi connectivity index (χ4n) is 4.02. The molecule has 4 nitrogen and oxygen atoms in total. The van der Waals surface area contributed by atoms with Crippen molar-refractivity contribution in [1.29, 1.82) is 0 Å². The number of carbonyl (C=O) groups is 1. The monoisotopic (exact) mass is 294 g/mol. The van der Waals surface area contributed by atoms with Crippen LogP contribution in [0.2, 0.25) is 0 Å². The summed E-state index contributed by atoms with van der Waals surface area (Å²) in [5.41, 5.74) is 0. The average Bonchev–Trinajstić information content (AvgIpc) is 3.19. The third-order valence-corrected chi connectivity index (χ3v) is 5.83. The van der Waals surface area contributed by atoms with Crippen LogP contribution in [0.1, 0.15) is 51.9 Å². The molecular formula is C17H30N2O2. The van der Waals surface area contributed by atoms with Gasteiger partial charge in [-0.05, 0) is 63.3 Å². The number of carboxylic acids is 1. The van der Waals surface area contributed by atoms with Gasteiger partial charge in [0.2, 0.25) is 0 Å². The van der Waals surface area contributed by atoms with Gasteiger partial charge in [-0.25, -0.2) is 0 Å². The molecular weight excluding hydrogens is 264 g/mol. The molecule has 21 heavy (non-hydrogen) atoms. The van der Waals surface area contributed by atoms with Crippen LogP contribution >= 0.6 is 0 Å². The van der Waals surface area contributed by atoms with Gasteiger partial charge in [-0.2, -0.15) is 0 Å². The van der Waals surface area contributed by atoms with Gasteiger partial charge in [-0.3, -0.25) is 9.69 Å². The maximum atomic E-state index is 11.1. The van der Waals surface area contributed by atoms with Crippen molar-refractivity contribution in [1.82, 2.24) is 10.2 Å². The van der Waals surface area contributed by atoms with Gasteiger partial charge in [0.25, 0.3) is 0 Å². The summed E-state index contributed by atoms with van der Waals surface area (Å²) in [5, 5.41) is 12.9. The second-order valence-electron chi connectivity index (χ2n) is 7.63. The fourth-order valence-corrected chi connectivity index (χ4v) is 4.02. The average molecular weight is 294 g/mol. The lowest BCUT2D eigenvalue weighted by atomic mass is 9.84. The Morgan fingerprint density at radius 3 is 2.57 bits per heavy atom. The van der Waals surface area contributed by atoms with Crippen LogP contribution in [0.3, 0.4) is 0 Å². The van der Waals surface area contributed by atoms with Crippen molar-refractivity contribution >= 4 is 5.97 Å². The molecule has 120 valence electrons. The second-order valence-corrected chi connectivity index (χ2v) is 7.63. The number of nitrogens with zero attached hydrogens (tertiary/aromatic N) is 1. The normalized spacial score (nSPS) is 32.6. The highest BCUT2D eigenvalue weighted by Gasteiger charge is 2.37. The predicted octanol–water partition coefficient (Wildman–Crippen LogP) is 2.34. The minimum absolute atomic E-state index is 0.316. The predicted molar refractivity (Wildman–Crippen MR) is 83.3 cm³/mol. The first kappa shape index (κ1) is 15.3. The van der Waals surface area contributed by atoms with E-state index in [0.29, 0.717) is 24.4 Å². The van der Waals surface area contributed by atoms with Gasteiger partial charge in [0.05, 0.1) is 0 Å². The Bertz CT molecular complexity index is 366. The maximum Gasteiger partial charge on any atom is 0.303 e. The molecule has 3 fully saturated rings. The van der Waals surface area contributed by atoms with Gasteiger partial charge in [-0.1, -0.05) is 6.42 Å². The van der Waals surface area contributed by atoms with Crippen molar-refractivity contribution in [3.05, 3.63) is 0 Å². The number of aliphatic carboxylic acids is 1. The number of hydrogen-bond donors (Lipinski definition) is 2. The van der Waals surface area contributed by atoms with Gasteiger partial charge in [0.1, 0.15) is 0 Å². The molecule has 0 radical (unpaired) electrons. The lowest BCUT2D eigenvalue weighted by Crippen LogP contribution is -2.53. The van der Waals surface area contributed by atoms with E-state index in [0.717, 1.165) is 37.9 Å². The first-order valence-corrected chi connectivity index (χ1v) is 8.81. The molecule has 3 aliphatic rings. The highest BCUT2D eigenvalue weighted by molar-refractivity contribution is 5.67. The number of likely N-dealkylation sites (tertiary alicyclic amines) is 1. The summed E-state index contributed by atoms with van der Waals surface area (Å²) in [6, 6.07) is 1.12. The van der Waals surface area contributed by atoms with E-state index in [1.165, 1.54) is 32.1 Å². The zero-order chi connectivity index (χ0) is 14.8. The minimum Gasteiger partial charge on any atom is -0.481 e. The molecule has 3 unspecified atom stereocenters. The van der Waals surface area contributed by atoms with Gasteiger partial charge < -0.3 is 10.4 Å². The van der Waals surface area contributed by atoms with Gasteiger partial charge in [0.15, 0.2) is 0 Å². The van der Waals surface area contributed by atoms with E-state index >= 15 is 0 Å². The number of hydrogen-bond acceptors (Lipinski definition) is 3. The van der Waals surface area contributed by atoms with E-state index < -0.39 is 5.97 Å². The molecule has 0 aromatic heterocycles. The Kier molecular flexibility index (Phi) is 4.85. The molecule has 3 atom stereocenters. The molecule has 0 amide bonds. The maximum absolute atomic E-state index is 11.1. The fraction of sp³-hybridized carbons (Fsp3) is 0.941. The second kappa shape index (κ2) is 6.66. The van der Waals surface area contributed by atoms with E-state index in [4.69, 9.17) is 5.11 Å². The zero-order valence-electron chi connectivity index (χ0n) is 13.3. The largest absolute Gasteiger partial charge is 0.481 e. The van der Waals surface area contributed by atoms with Crippen molar-refractivity contribution in [3.8, 4) is 0 Å². The molecule has 1 heterocycles. The summed E-state index contributed by atoms with van der Waals surface area (Å²) < 4.78 is 0. The van der Waals surface area contributed by atoms with Crippen molar-refractivity contribution < 1.29 is 9.90 Å². The first-order chi connectivity index (χ1) is 10.1. The topological polar surface area (TPSA) is 52.6 Å². The minimum atomic E-state index is -0.640. The molecule has 0 spiro atoms. The summed E-state index contributed by atoms with van der Waals surface area (Å²) in [7, 11) is 0. The molecule has 3 rings (SSSR count). The molecule has 2 aliphatic carbocycles. The van der Waals surface area contributed by atoms with Gasteiger partial charge in [0, 0.05) is 31.6 Å². The van der Waals surface area contributed by atoms with Gasteiger partial charge in [-0.15, -0.1) is 0 Å². The molecule has 1 saturated heterocycles. The van der Waals surface area contributed by atoms with Crippen LogP contribution in [-0.4, -0.2) is 47.7 Å². The molecule has 2 N–H and O–H groups in total. The SMILES string of the molecule is CC(C1CC1)N1CC(CC(=O)O)CC(NCC2CCC2)C1. The molecule has 4 heteroatoms. The molecule has 1 aliphatic heterocycles. The Morgan fingerprint density at radius 2 is 2.00 bits per heavy atom. The summed E-state index contributed by atoms with van der Waals surface area (Å²) in [6.07, 6.45) is 8.23. The van der Waals surface area contributed by atoms with Crippen LogP contribution < -0.4 is 5.32 Å².